The number of aliphatic hydroxyl groups is 2. The lowest BCUT2D eigenvalue weighted by molar-refractivity contribution is -0.137. The number of para-hydroxylation sites is 1. The molecule has 390 valence electrons. The molecule has 18 heteroatoms. The van der Waals surface area contributed by atoms with Crippen LogP contribution in [0.15, 0.2) is 78.9 Å². The third kappa shape index (κ3) is 8.49. The van der Waals surface area contributed by atoms with Crippen molar-refractivity contribution in [3.63, 3.8) is 0 Å². The van der Waals surface area contributed by atoms with E-state index in [1.165, 1.54) is 16.9 Å². The van der Waals surface area contributed by atoms with Gasteiger partial charge in [0.15, 0.2) is 17.5 Å². The van der Waals surface area contributed by atoms with Crippen molar-refractivity contribution >= 4 is 35.5 Å². The molecule has 5 aliphatic heterocycles. The number of hydrogen-bond acceptors (Lipinski definition) is 12. The Balaban J connectivity index is 0.927. The first-order chi connectivity index (χ1) is 34.6. The number of hydrogen-bond donors (Lipinski definition) is 8. The first-order valence-electron chi connectivity index (χ1n) is 25.1. The molecule has 2 saturated heterocycles. The van der Waals surface area contributed by atoms with E-state index in [1.54, 1.807) is 70.2 Å². The van der Waals surface area contributed by atoms with Crippen LogP contribution in [0.4, 0.5) is 0 Å². The summed E-state index contributed by atoms with van der Waals surface area (Å²) >= 11 is 0. The predicted octanol–water partition coefficient (Wildman–Crippen LogP) is 6.33. The molecule has 2 fully saturated rings. The molecule has 0 bridgehead atoms. The summed E-state index contributed by atoms with van der Waals surface area (Å²) in [7, 11) is 1.54. The lowest BCUT2D eigenvalue weighted by Gasteiger charge is -2.49. The first-order valence-corrected chi connectivity index (χ1v) is 25.1. The first kappa shape index (κ1) is 50.5. The standard InChI is InChI=1S/C56H66N8O10/c1-51(2)26-42(65)63(49(57)61-51)37-24-41(72-38-19-16-30(22-35(37)38)48(68)60-45-34-13-11-12-14-39(34)73-53(5,6)56(45,9)70)29-15-18-33-32(21-29)25-54(7,69)44(33)59-47(67)31-17-20-40-36(23-31)46(55(8,74-40)28-71-10)64-43(66)27-52(3,4)62-50(64)58/h11-23,37,41,44-46,69-70H,24-28H2,1-10H3,(H2,57,61)(H2,58,62)(H,59,67)(H,60,68)/t37-,41?,44-,45+,46?,54+,55?,56-/m1/s1. The molecule has 8 N–H and O–H groups in total. The van der Waals surface area contributed by atoms with E-state index in [2.05, 4.69) is 21.3 Å². The molecule has 0 aromatic heterocycles. The van der Waals surface area contributed by atoms with Gasteiger partial charge in [0, 0.05) is 71.7 Å². The molecule has 8 atom stereocenters. The number of rotatable bonds is 9. The quantitative estimate of drug-likeness (QED) is 0.0917. The van der Waals surface area contributed by atoms with Crippen LogP contribution >= 0.6 is 0 Å². The number of carbonyl (C=O) groups is 4. The van der Waals surface area contributed by atoms with E-state index in [4.69, 9.17) is 29.8 Å². The van der Waals surface area contributed by atoms with Crippen LogP contribution in [0.5, 0.6) is 17.2 Å². The van der Waals surface area contributed by atoms with Gasteiger partial charge in [-0.2, -0.15) is 0 Å². The van der Waals surface area contributed by atoms with Gasteiger partial charge < -0.3 is 50.4 Å². The minimum Gasteiger partial charge on any atom is -0.485 e. The predicted molar refractivity (Wildman–Crippen MR) is 273 cm³/mol. The van der Waals surface area contributed by atoms with Crippen LogP contribution in [0.1, 0.15) is 166 Å². The molecule has 6 aliphatic rings. The zero-order valence-electron chi connectivity index (χ0n) is 43.5. The number of ether oxygens (including phenoxy) is 4. The largest absolute Gasteiger partial charge is 0.485 e. The Morgan fingerprint density at radius 1 is 0.689 bits per heavy atom. The summed E-state index contributed by atoms with van der Waals surface area (Å²) in [6.45, 7) is 16.2. The van der Waals surface area contributed by atoms with Gasteiger partial charge in [0.25, 0.3) is 11.8 Å². The second kappa shape index (κ2) is 17.3. The van der Waals surface area contributed by atoms with Gasteiger partial charge in [0.1, 0.15) is 40.6 Å². The van der Waals surface area contributed by atoms with Crippen LogP contribution in [0, 0.1) is 10.8 Å². The average Bonchev–Trinajstić information content (AvgIpc) is 3.72. The van der Waals surface area contributed by atoms with E-state index < -0.39 is 75.6 Å². The number of nitrogens with zero attached hydrogens (tertiary/aromatic N) is 2. The molecule has 0 spiro atoms. The van der Waals surface area contributed by atoms with Gasteiger partial charge >= 0.3 is 0 Å². The van der Waals surface area contributed by atoms with Gasteiger partial charge in [-0.15, -0.1) is 0 Å². The van der Waals surface area contributed by atoms with Crippen LogP contribution in [-0.4, -0.2) is 103 Å². The average molecular weight is 1010 g/mol. The summed E-state index contributed by atoms with van der Waals surface area (Å²) in [4.78, 5) is 59.2. The molecule has 18 nitrogen and oxygen atoms in total. The fraction of sp³-hybridized carbons (Fsp3) is 0.464. The Morgan fingerprint density at radius 2 is 1.27 bits per heavy atom. The highest BCUT2D eigenvalue weighted by Crippen LogP contribution is 2.51. The topological polar surface area (TPSA) is 248 Å². The van der Waals surface area contributed by atoms with Crippen molar-refractivity contribution in [2.45, 2.75) is 152 Å². The summed E-state index contributed by atoms with van der Waals surface area (Å²) in [5, 5.41) is 54.3. The number of methoxy groups -OCH3 is 1. The molecule has 4 aromatic rings. The molecule has 1 aliphatic carbocycles. The lowest BCUT2D eigenvalue weighted by Crippen LogP contribution is -2.63. The van der Waals surface area contributed by atoms with Crippen molar-refractivity contribution in [3.8, 4) is 17.2 Å². The van der Waals surface area contributed by atoms with Crippen LogP contribution in [0.2, 0.25) is 0 Å². The van der Waals surface area contributed by atoms with E-state index in [9.17, 15) is 29.4 Å². The molecular weight excluding hydrogens is 945 g/mol. The van der Waals surface area contributed by atoms with Crippen molar-refractivity contribution in [1.29, 1.82) is 10.8 Å². The number of fused-ring (bicyclic) bond motifs is 4. The van der Waals surface area contributed by atoms with E-state index in [-0.39, 0.29) is 67.2 Å². The summed E-state index contributed by atoms with van der Waals surface area (Å²) in [6, 6.07) is 19.8. The molecule has 4 aromatic carbocycles. The molecule has 4 amide bonds. The number of nitrogens with one attached hydrogen (secondary N) is 6. The second-order valence-electron chi connectivity index (χ2n) is 23.3. The highest BCUT2D eigenvalue weighted by Gasteiger charge is 2.55. The summed E-state index contributed by atoms with van der Waals surface area (Å²) < 4.78 is 24.9. The van der Waals surface area contributed by atoms with Crippen molar-refractivity contribution in [2.75, 3.05) is 13.7 Å². The smallest absolute Gasteiger partial charge is 0.251 e. The van der Waals surface area contributed by atoms with E-state index in [0.29, 0.717) is 39.5 Å². The number of benzene rings is 4. The monoisotopic (exact) mass is 1010 g/mol. The highest BCUT2D eigenvalue weighted by molar-refractivity contribution is 6.01. The zero-order valence-corrected chi connectivity index (χ0v) is 43.5. The van der Waals surface area contributed by atoms with E-state index in [0.717, 1.165) is 11.1 Å². The Bertz CT molecular complexity index is 3020. The van der Waals surface area contributed by atoms with Gasteiger partial charge in [-0.1, -0.05) is 36.4 Å². The maximum absolute atomic E-state index is 14.3. The Kier molecular flexibility index (Phi) is 11.8. The summed E-state index contributed by atoms with van der Waals surface area (Å²) in [5.74, 6) is -0.170. The van der Waals surface area contributed by atoms with Gasteiger partial charge in [-0.05, 0) is 121 Å². The van der Waals surface area contributed by atoms with Gasteiger partial charge in [-0.3, -0.25) is 39.8 Å². The third-order valence-corrected chi connectivity index (χ3v) is 15.9. The van der Waals surface area contributed by atoms with Crippen molar-refractivity contribution in [1.82, 2.24) is 31.1 Å². The second-order valence-corrected chi connectivity index (χ2v) is 23.3. The molecular formula is C56H66N8O10. The Labute approximate surface area is 430 Å². The summed E-state index contributed by atoms with van der Waals surface area (Å²) in [5.41, 5.74) is -1.85. The van der Waals surface area contributed by atoms with Crippen molar-refractivity contribution in [3.05, 3.63) is 123 Å². The molecule has 0 radical (unpaired) electrons. The fourth-order valence-corrected chi connectivity index (χ4v) is 11.9. The van der Waals surface area contributed by atoms with Gasteiger partial charge in [0.05, 0.1) is 30.3 Å². The normalized spacial score (nSPS) is 30.0. The fourth-order valence-electron chi connectivity index (χ4n) is 11.9. The van der Waals surface area contributed by atoms with Crippen molar-refractivity contribution in [2.24, 2.45) is 0 Å². The highest BCUT2D eigenvalue weighted by atomic mass is 16.5. The van der Waals surface area contributed by atoms with Crippen LogP contribution in [-0.2, 0) is 20.7 Å². The molecule has 5 heterocycles. The molecule has 10 rings (SSSR count). The van der Waals surface area contributed by atoms with Crippen LogP contribution < -0.4 is 35.5 Å². The third-order valence-electron chi connectivity index (χ3n) is 15.9. The maximum atomic E-state index is 14.3. The van der Waals surface area contributed by atoms with E-state index >= 15 is 0 Å². The van der Waals surface area contributed by atoms with Gasteiger partial charge in [-0.25, -0.2) is 0 Å². The number of amides is 4. The number of guanidine groups is 2. The van der Waals surface area contributed by atoms with E-state index in [1.807, 2.05) is 71.0 Å². The zero-order chi connectivity index (χ0) is 53.2. The minimum absolute atomic E-state index is 0.0744. The SMILES string of the molecule is COCC1(C)Oc2ccc(C(=O)N[C@@H]3c4ccc(C5C[C@@H](N6C(=N)NC(C)(C)CC6=O)c6cc(C(=O)N[C@H]7c8ccccc8OC(C)(C)[C@]7(C)O)ccc6O5)cc4C[C@]3(C)O)cc2C1N1C(=N)NC(C)(C)CC1=O. The van der Waals surface area contributed by atoms with Crippen LogP contribution in [0.25, 0.3) is 0 Å². The molecule has 3 unspecified atom stereocenters. The Hall–Kier alpha value is -7.02. The maximum Gasteiger partial charge on any atom is 0.251 e. The van der Waals surface area contributed by atoms with Crippen molar-refractivity contribution < 1.29 is 48.3 Å². The molecule has 74 heavy (non-hydrogen) atoms. The summed E-state index contributed by atoms with van der Waals surface area (Å²) in [6.07, 6.45) is 0.0288. The van der Waals surface area contributed by atoms with Crippen LogP contribution in [0.3, 0.4) is 0 Å². The Morgan fingerprint density at radius 3 is 1.91 bits per heavy atom. The number of carbonyl (C=O) groups excluding carboxylic acids is 4. The molecule has 0 saturated carbocycles. The minimum atomic E-state index is -1.51. The van der Waals surface area contributed by atoms with Gasteiger partial charge in [0.2, 0.25) is 11.8 Å². The lowest BCUT2D eigenvalue weighted by atomic mass is 9.75.